The van der Waals surface area contributed by atoms with E-state index in [0.717, 1.165) is 6.42 Å². The molecule has 0 aliphatic heterocycles. The number of methoxy groups -OCH3 is 2. The highest BCUT2D eigenvalue weighted by Crippen LogP contribution is 2.18. The molecule has 0 atom stereocenters. The SMILES string of the molecule is COCCOCC(C)(C)COCCC(C)(C)OC. The second-order valence-corrected chi connectivity index (χ2v) is 5.98. The third kappa shape index (κ3) is 9.83. The van der Waals surface area contributed by atoms with Gasteiger partial charge in [0, 0.05) is 26.2 Å². The molecule has 0 rings (SSSR count). The lowest BCUT2D eigenvalue weighted by Gasteiger charge is -2.26. The van der Waals surface area contributed by atoms with Gasteiger partial charge in [0.2, 0.25) is 0 Å². The second-order valence-electron chi connectivity index (χ2n) is 5.98. The van der Waals surface area contributed by atoms with Crippen molar-refractivity contribution in [3.63, 3.8) is 0 Å². The Balaban J connectivity index is 3.63. The van der Waals surface area contributed by atoms with Crippen LogP contribution < -0.4 is 0 Å². The molecule has 0 spiro atoms. The fraction of sp³-hybridized carbons (Fsp3) is 1.00. The third-order valence-corrected chi connectivity index (χ3v) is 2.82. The van der Waals surface area contributed by atoms with Crippen LogP contribution in [0.15, 0.2) is 0 Å². The molecule has 0 aliphatic carbocycles. The highest BCUT2D eigenvalue weighted by Gasteiger charge is 2.20. The Kier molecular flexibility index (Phi) is 8.78. The van der Waals surface area contributed by atoms with Gasteiger partial charge in [-0.05, 0) is 20.3 Å². The van der Waals surface area contributed by atoms with Gasteiger partial charge in [-0.1, -0.05) is 13.8 Å². The first-order chi connectivity index (χ1) is 8.33. The van der Waals surface area contributed by atoms with E-state index in [4.69, 9.17) is 18.9 Å². The molecule has 110 valence electrons. The predicted octanol–water partition coefficient (Wildman–Crippen LogP) is 2.51. The third-order valence-electron chi connectivity index (χ3n) is 2.82. The van der Waals surface area contributed by atoms with Gasteiger partial charge in [-0.25, -0.2) is 0 Å². The Bertz CT molecular complexity index is 202. The van der Waals surface area contributed by atoms with E-state index in [0.29, 0.717) is 33.0 Å². The second kappa shape index (κ2) is 8.86. The summed E-state index contributed by atoms with van der Waals surface area (Å²) in [4.78, 5) is 0. The van der Waals surface area contributed by atoms with E-state index in [1.165, 1.54) is 0 Å². The summed E-state index contributed by atoms with van der Waals surface area (Å²) in [6.45, 7) is 11.8. The first-order valence-electron chi connectivity index (χ1n) is 6.52. The number of hydrogen-bond acceptors (Lipinski definition) is 4. The van der Waals surface area contributed by atoms with Gasteiger partial charge < -0.3 is 18.9 Å². The van der Waals surface area contributed by atoms with Crippen molar-refractivity contribution < 1.29 is 18.9 Å². The molecule has 0 fully saturated rings. The maximum absolute atomic E-state index is 5.70. The molecule has 0 aromatic heterocycles. The monoisotopic (exact) mass is 262 g/mol. The fourth-order valence-electron chi connectivity index (χ4n) is 1.30. The van der Waals surface area contributed by atoms with Crippen molar-refractivity contribution in [2.75, 3.05) is 47.3 Å². The van der Waals surface area contributed by atoms with Crippen LogP contribution in [0.4, 0.5) is 0 Å². The van der Waals surface area contributed by atoms with E-state index in [1.807, 2.05) is 0 Å². The molecule has 4 nitrogen and oxygen atoms in total. The Morgan fingerprint density at radius 3 is 1.83 bits per heavy atom. The van der Waals surface area contributed by atoms with Crippen LogP contribution in [-0.2, 0) is 18.9 Å². The fourth-order valence-corrected chi connectivity index (χ4v) is 1.30. The van der Waals surface area contributed by atoms with Gasteiger partial charge in [-0.15, -0.1) is 0 Å². The molecular weight excluding hydrogens is 232 g/mol. The Morgan fingerprint density at radius 2 is 1.33 bits per heavy atom. The Labute approximate surface area is 112 Å². The van der Waals surface area contributed by atoms with Crippen LogP contribution in [0, 0.1) is 5.41 Å². The standard InChI is InChI=1S/C14H30O4/c1-13(2,12-18-10-9-15-5)11-17-8-7-14(3,4)16-6/h7-12H2,1-6H3. The molecule has 4 heteroatoms. The summed E-state index contributed by atoms with van der Waals surface area (Å²) in [5, 5.41) is 0. The molecular formula is C14H30O4. The summed E-state index contributed by atoms with van der Waals surface area (Å²) >= 11 is 0. The summed E-state index contributed by atoms with van der Waals surface area (Å²) in [6.07, 6.45) is 0.893. The molecule has 0 saturated carbocycles. The van der Waals surface area contributed by atoms with E-state index in [1.54, 1.807) is 14.2 Å². The van der Waals surface area contributed by atoms with Crippen LogP contribution in [0.5, 0.6) is 0 Å². The van der Waals surface area contributed by atoms with E-state index in [2.05, 4.69) is 27.7 Å². The van der Waals surface area contributed by atoms with Gasteiger partial charge in [0.05, 0.1) is 32.0 Å². The zero-order valence-corrected chi connectivity index (χ0v) is 12.9. The molecule has 0 aliphatic rings. The minimum Gasteiger partial charge on any atom is -0.382 e. The number of ether oxygens (including phenoxy) is 4. The molecule has 0 aromatic carbocycles. The van der Waals surface area contributed by atoms with Gasteiger partial charge in [0.25, 0.3) is 0 Å². The van der Waals surface area contributed by atoms with Gasteiger partial charge in [-0.2, -0.15) is 0 Å². The number of hydrogen-bond donors (Lipinski definition) is 0. The highest BCUT2D eigenvalue weighted by molar-refractivity contribution is 4.69. The van der Waals surface area contributed by atoms with Crippen molar-refractivity contribution in [3.05, 3.63) is 0 Å². The summed E-state index contributed by atoms with van der Waals surface area (Å²) in [5.41, 5.74) is -0.0793. The molecule has 0 aromatic rings. The molecule has 0 N–H and O–H groups in total. The smallest absolute Gasteiger partial charge is 0.0700 e. The minimum absolute atomic E-state index is 0.0327. The maximum Gasteiger partial charge on any atom is 0.0700 e. The average Bonchev–Trinajstić information content (AvgIpc) is 2.31. The van der Waals surface area contributed by atoms with Crippen molar-refractivity contribution >= 4 is 0 Å². The van der Waals surface area contributed by atoms with Crippen molar-refractivity contribution in [1.29, 1.82) is 0 Å². The Morgan fingerprint density at radius 1 is 0.778 bits per heavy atom. The zero-order chi connectivity index (χ0) is 14.1. The van der Waals surface area contributed by atoms with Crippen LogP contribution in [-0.4, -0.2) is 52.9 Å². The molecule has 0 heterocycles. The summed E-state index contributed by atoms with van der Waals surface area (Å²) in [7, 11) is 3.41. The zero-order valence-electron chi connectivity index (χ0n) is 12.9. The van der Waals surface area contributed by atoms with Crippen LogP contribution in [0.2, 0.25) is 0 Å². The minimum atomic E-state index is -0.112. The van der Waals surface area contributed by atoms with Gasteiger partial charge >= 0.3 is 0 Å². The summed E-state index contributed by atoms with van der Waals surface area (Å²) in [5.74, 6) is 0. The van der Waals surface area contributed by atoms with Gasteiger partial charge in [0.15, 0.2) is 0 Å². The lowest BCUT2D eigenvalue weighted by atomic mass is 9.96. The van der Waals surface area contributed by atoms with Crippen LogP contribution in [0.25, 0.3) is 0 Å². The van der Waals surface area contributed by atoms with Gasteiger partial charge in [0.1, 0.15) is 0 Å². The van der Waals surface area contributed by atoms with E-state index in [-0.39, 0.29) is 11.0 Å². The predicted molar refractivity (Wildman–Crippen MR) is 73.0 cm³/mol. The number of rotatable bonds is 11. The van der Waals surface area contributed by atoms with Crippen molar-refractivity contribution in [1.82, 2.24) is 0 Å². The van der Waals surface area contributed by atoms with E-state index in [9.17, 15) is 0 Å². The van der Waals surface area contributed by atoms with E-state index >= 15 is 0 Å². The Hall–Kier alpha value is -0.160. The average molecular weight is 262 g/mol. The summed E-state index contributed by atoms with van der Waals surface area (Å²) in [6, 6.07) is 0. The van der Waals surface area contributed by atoms with Crippen LogP contribution in [0.1, 0.15) is 34.1 Å². The first kappa shape index (κ1) is 17.8. The van der Waals surface area contributed by atoms with Crippen molar-refractivity contribution in [3.8, 4) is 0 Å². The van der Waals surface area contributed by atoms with E-state index < -0.39 is 0 Å². The molecule has 0 bridgehead atoms. The topological polar surface area (TPSA) is 36.9 Å². The van der Waals surface area contributed by atoms with Gasteiger partial charge in [-0.3, -0.25) is 0 Å². The molecule has 0 radical (unpaired) electrons. The summed E-state index contributed by atoms with van der Waals surface area (Å²) < 4.78 is 21.5. The molecule has 18 heavy (non-hydrogen) atoms. The quantitative estimate of drug-likeness (QED) is 0.536. The van der Waals surface area contributed by atoms with Crippen molar-refractivity contribution in [2.24, 2.45) is 5.41 Å². The van der Waals surface area contributed by atoms with Crippen LogP contribution >= 0.6 is 0 Å². The maximum atomic E-state index is 5.70. The lowest BCUT2D eigenvalue weighted by molar-refractivity contribution is -0.0406. The highest BCUT2D eigenvalue weighted by atomic mass is 16.5. The largest absolute Gasteiger partial charge is 0.382 e. The molecule has 0 amide bonds. The molecule has 0 saturated heterocycles. The lowest BCUT2D eigenvalue weighted by Crippen LogP contribution is -2.29. The van der Waals surface area contributed by atoms with Crippen LogP contribution in [0.3, 0.4) is 0 Å². The first-order valence-corrected chi connectivity index (χ1v) is 6.52. The molecule has 0 unspecified atom stereocenters. The van der Waals surface area contributed by atoms with Crippen molar-refractivity contribution in [2.45, 2.75) is 39.7 Å². The normalized spacial score (nSPS) is 13.0.